The second kappa shape index (κ2) is 4.28. The topological polar surface area (TPSA) is 41.6 Å². The Labute approximate surface area is 107 Å². The molecule has 0 saturated carbocycles. The molecule has 0 aromatic heterocycles. The van der Waals surface area contributed by atoms with Gasteiger partial charge in [0.25, 0.3) is 0 Å². The number of fused-ring (bicyclic) bond motifs is 1. The monoisotopic (exact) mass is 246 g/mol. The zero-order valence-corrected chi connectivity index (χ0v) is 10.8. The van der Waals surface area contributed by atoms with Crippen molar-refractivity contribution < 1.29 is 9.53 Å². The van der Waals surface area contributed by atoms with Crippen LogP contribution in [0.2, 0.25) is 0 Å². The predicted molar refractivity (Wildman–Crippen MR) is 69.9 cm³/mol. The lowest BCUT2D eigenvalue weighted by Crippen LogP contribution is -2.49. The molecule has 2 saturated heterocycles. The second-order valence-electron chi connectivity index (χ2n) is 5.09. The normalized spacial score (nSPS) is 27.0. The number of para-hydroxylation sites is 1. The molecular formula is C14H18N2O2. The lowest BCUT2D eigenvalue weighted by molar-refractivity contribution is 0.117. The number of hydrogen-bond acceptors (Lipinski definition) is 3. The van der Waals surface area contributed by atoms with Crippen LogP contribution in [0.15, 0.2) is 18.2 Å². The van der Waals surface area contributed by atoms with E-state index in [-0.39, 0.29) is 18.2 Å². The van der Waals surface area contributed by atoms with Gasteiger partial charge < -0.3 is 10.1 Å². The summed E-state index contributed by atoms with van der Waals surface area (Å²) in [6.45, 7) is 5.82. The number of carbonyl (C=O) groups is 1. The smallest absolute Gasteiger partial charge is 0.415 e. The summed E-state index contributed by atoms with van der Waals surface area (Å²) < 4.78 is 5.49. The van der Waals surface area contributed by atoms with Crippen molar-refractivity contribution in [2.45, 2.75) is 32.4 Å². The van der Waals surface area contributed by atoms with Crippen LogP contribution in [-0.2, 0) is 4.74 Å². The number of amides is 1. The van der Waals surface area contributed by atoms with Crippen molar-refractivity contribution in [1.82, 2.24) is 5.32 Å². The highest BCUT2D eigenvalue weighted by atomic mass is 16.6. The van der Waals surface area contributed by atoms with Gasteiger partial charge in [0, 0.05) is 6.54 Å². The van der Waals surface area contributed by atoms with Crippen LogP contribution in [0.4, 0.5) is 10.5 Å². The van der Waals surface area contributed by atoms with Crippen LogP contribution in [0.1, 0.15) is 17.5 Å². The average molecular weight is 246 g/mol. The Hall–Kier alpha value is -1.55. The third kappa shape index (κ3) is 1.68. The largest absolute Gasteiger partial charge is 0.444 e. The van der Waals surface area contributed by atoms with E-state index in [0.717, 1.165) is 36.3 Å². The molecule has 2 aliphatic rings. The van der Waals surface area contributed by atoms with Crippen LogP contribution in [0.25, 0.3) is 0 Å². The van der Waals surface area contributed by atoms with Gasteiger partial charge in [0.15, 0.2) is 0 Å². The summed E-state index contributed by atoms with van der Waals surface area (Å²) in [5, 5.41) is 3.34. The molecule has 2 fully saturated rings. The van der Waals surface area contributed by atoms with Gasteiger partial charge >= 0.3 is 6.09 Å². The van der Waals surface area contributed by atoms with Crippen LogP contribution < -0.4 is 10.2 Å². The van der Waals surface area contributed by atoms with Gasteiger partial charge in [-0.25, -0.2) is 4.79 Å². The number of aryl methyl sites for hydroxylation is 2. The van der Waals surface area contributed by atoms with Crippen molar-refractivity contribution in [2.75, 3.05) is 18.0 Å². The highest BCUT2D eigenvalue weighted by molar-refractivity contribution is 5.92. The van der Waals surface area contributed by atoms with Crippen molar-refractivity contribution in [3.8, 4) is 0 Å². The van der Waals surface area contributed by atoms with Gasteiger partial charge in [-0.3, -0.25) is 4.90 Å². The molecule has 1 aromatic carbocycles. The summed E-state index contributed by atoms with van der Waals surface area (Å²) >= 11 is 0. The zero-order valence-electron chi connectivity index (χ0n) is 10.8. The van der Waals surface area contributed by atoms with Crippen LogP contribution in [0.5, 0.6) is 0 Å². The summed E-state index contributed by atoms with van der Waals surface area (Å²) in [6, 6.07) is 6.23. The maximum absolute atomic E-state index is 12.1. The molecular weight excluding hydrogens is 228 g/mol. The fourth-order valence-electron chi connectivity index (χ4n) is 2.98. The lowest BCUT2D eigenvalue weighted by atomic mass is 10.0. The number of nitrogens with one attached hydrogen (secondary N) is 1. The minimum absolute atomic E-state index is 0.0396. The summed E-state index contributed by atoms with van der Waals surface area (Å²) in [4.78, 5) is 14.0. The fraction of sp³-hybridized carbons (Fsp3) is 0.500. The molecule has 1 aromatic rings. The Morgan fingerprint density at radius 1 is 1.33 bits per heavy atom. The number of carbonyl (C=O) groups excluding carboxylic acids is 1. The van der Waals surface area contributed by atoms with Crippen LogP contribution >= 0.6 is 0 Å². The molecule has 3 rings (SSSR count). The minimum atomic E-state index is -0.203. The van der Waals surface area contributed by atoms with Crippen molar-refractivity contribution in [3.63, 3.8) is 0 Å². The number of anilines is 1. The number of hydrogen-bond donors (Lipinski definition) is 1. The summed E-state index contributed by atoms with van der Waals surface area (Å²) in [6.07, 6.45) is 0.738. The van der Waals surface area contributed by atoms with Crippen molar-refractivity contribution in [1.29, 1.82) is 0 Å². The fourth-order valence-corrected chi connectivity index (χ4v) is 2.98. The quantitative estimate of drug-likeness (QED) is 0.824. The average Bonchev–Trinajstić information content (AvgIpc) is 2.66. The van der Waals surface area contributed by atoms with E-state index in [1.54, 1.807) is 0 Å². The highest BCUT2D eigenvalue weighted by Gasteiger charge is 2.44. The molecule has 1 amide bonds. The maximum Gasteiger partial charge on any atom is 0.415 e. The molecule has 2 unspecified atom stereocenters. The molecule has 2 heterocycles. The Balaban J connectivity index is 2.02. The third-order valence-corrected chi connectivity index (χ3v) is 3.85. The van der Waals surface area contributed by atoms with Crippen LogP contribution in [-0.4, -0.2) is 31.3 Å². The Kier molecular flexibility index (Phi) is 2.74. The molecule has 2 atom stereocenters. The Bertz CT molecular complexity index is 466. The molecule has 4 heteroatoms. The first-order chi connectivity index (χ1) is 8.68. The molecule has 96 valence electrons. The number of piperidine rings is 1. The standard InChI is InChI=1S/C14H18N2O2/c1-9-4-3-5-10(2)13(9)16-11-8-15-7-6-12(11)18-14(16)17/h3-5,11-12,15H,6-8H2,1-2H3. The molecule has 4 nitrogen and oxygen atoms in total. The molecule has 1 N–H and O–H groups in total. The molecule has 0 radical (unpaired) electrons. The van der Waals surface area contributed by atoms with Crippen molar-refractivity contribution in [2.24, 2.45) is 0 Å². The van der Waals surface area contributed by atoms with Crippen molar-refractivity contribution in [3.05, 3.63) is 29.3 Å². The van der Waals surface area contributed by atoms with Gasteiger partial charge in [-0.15, -0.1) is 0 Å². The van der Waals surface area contributed by atoms with E-state index in [0.29, 0.717) is 0 Å². The van der Waals surface area contributed by atoms with Crippen LogP contribution in [0.3, 0.4) is 0 Å². The number of benzene rings is 1. The third-order valence-electron chi connectivity index (χ3n) is 3.85. The molecule has 0 spiro atoms. The van der Waals surface area contributed by atoms with E-state index in [2.05, 4.69) is 5.32 Å². The molecule has 2 aliphatic heterocycles. The van der Waals surface area contributed by atoms with Gasteiger partial charge in [0.2, 0.25) is 0 Å². The van der Waals surface area contributed by atoms with Gasteiger partial charge in [-0.2, -0.15) is 0 Å². The second-order valence-corrected chi connectivity index (χ2v) is 5.09. The summed E-state index contributed by atoms with van der Waals surface area (Å²) in [7, 11) is 0. The molecule has 18 heavy (non-hydrogen) atoms. The summed E-state index contributed by atoms with van der Waals surface area (Å²) in [5.74, 6) is 0. The minimum Gasteiger partial charge on any atom is -0.444 e. The van der Waals surface area contributed by atoms with E-state index in [1.807, 2.05) is 36.9 Å². The van der Waals surface area contributed by atoms with Gasteiger partial charge in [0.05, 0.1) is 11.7 Å². The highest BCUT2D eigenvalue weighted by Crippen LogP contribution is 2.33. The lowest BCUT2D eigenvalue weighted by Gasteiger charge is -2.30. The van der Waals surface area contributed by atoms with E-state index in [9.17, 15) is 4.79 Å². The number of rotatable bonds is 1. The van der Waals surface area contributed by atoms with E-state index >= 15 is 0 Å². The number of ether oxygens (including phenoxy) is 1. The van der Waals surface area contributed by atoms with E-state index in [1.165, 1.54) is 0 Å². The Morgan fingerprint density at radius 2 is 2.06 bits per heavy atom. The van der Waals surface area contributed by atoms with E-state index in [4.69, 9.17) is 4.74 Å². The first-order valence-corrected chi connectivity index (χ1v) is 6.45. The first-order valence-electron chi connectivity index (χ1n) is 6.45. The van der Waals surface area contributed by atoms with E-state index < -0.39 is 0 Å². The predicted octanol–water partition coefficient (Wildman–Crippen LogP) is 1.99. The zero-order chi connectivity index (χ0) is 12.7. The van der Waals surface area contributed by atoms with Gasteiger partial charge in [-0.05, 0) is 37.9 Å². The van der Waals surface area contributed by atoms with Gasteiger partial charge in [-0.1, -0.05) is 18.2 Å². The summed E-state index contributed by atoms with van der Waals surface area (Å²) in [5.41, 5.74) is 3.26. The molecule has 0 bridgehead atoms. The van der Waals surface area contributed by atoms with Gasteiger partial charge in [0.1, 0.15) is 6.10 Å². The Morgan fingerprint density at radius 3 is 2.78 bits per heavy atom. The number of nitrogens with zero attached hydrogens (tertiary/aromatic N) is 1. The first kappa shape index (κ1) is 11.5. The molecule has 0 aliphatic carbocycles. The maximum atomic E-state index is 12.1. The SMILES string of the molecule is Cc1cccc(C)c1N1C(=O)OC2CCNCC21. The van der Waals surface area contributed by atoms with Crippen molar-refractivity contribution >= 4 is 11.8 Å². The van der Waals surface area contributed by atoms with Crippen LogP contribution in [0, 0.1) is 13.8 Å².